The average Bonchev–Trinajstić information content (AvgIpc) is 2.95. The summed E-state index contributed by atoms with van der Waals surface area (Å²) in [5.74, 6) is 1.14. The van der Waals surface area contributed by atoms with Gasteiger partial charge >= 0.3 is 14.9 Å². The number of amides is 1. The maximum absolute atomic E-state index is 12.1. The highest BCUT2D eigenvalue weighted by atomic mass is 28.4. The van der Waals surface area contributed by atoms with E-state index >= 15 is 0 Å². The zero-order chi connectivity index (χ0) is 30.1. The lowest BCUT2D eigenvalue weighted by atomic mass is 10.1. The monoisotopic (exact) mass is 580 g/mol. The summed E-state index contributed by atoms with van der Waals surface area (Å²) in [5.41, 5.74) is 2.49. The molecular formula is C30H40N4O6Si. The van der Waals surface area contributed by atoms with Crippen LogP contribution in [0.1, 0.15) is 39.7 Å². The van der Waals surface area contributed by atoms with Gasteiger partial charge in [-0.2, -0.15) is 10.5 Å². The van der Waals surface area contributed by atoms with E-state index in [9.17, 15) is 4.79 Å². The Hall–Kier alpha value is -3.87. The topological polar surface area (TPSA) is 126 Å². The molecule has 0 unspecified atom stereocenters. The van der Waals surface area contributed by atoms with Gasteiger partial charge in [0.25, 0.3) is 0 Å². The van der Waals surface area contributed by atoms with Crippen molar-refractivity contribution in [1.82, 2.24) is 5.32 Å². The minimum absolute atomic E-state index is 0.0393. The summed E-state index contributed by atoms with van der Waals surface area (Å²) in [6.45, 7) is 10.3. The fourth-order valence-electron chi connectivity index (χ4n) is 4.01. The summed E-state index contributed by atoms with van der Waals surface area (Å²) in [5, 5.41) is 21.0. The molecule has 2 rings (SSSR count). The van der Waals surface area contributed by atoms with Gasteiger partial charge in [-0.3, -0.25) is 0 Å². The van der Waals surface area contributed by atoms with Gasteiger partial charge < -0.3 is 33.0 Å². The van der Waals surface area contributed by atoms with Gasteiger partial charge in [0.2, 0.25) is 0 Å². The highest BCUT2D eigenvalue weighted by Gasteiger charge is 2.39. The van der Waals surface area contributed by atoms with Gasteiger partial charge in [-0.15, -0.1) is 0 Å². The fourth-order valence-corrected chi connectivity index (χ4v) is 6.62. The molecule has 11 heteroatoms. The zero-order valence-corrected chi connectivity index (χ0v) is 25.6. The summed E-state index contributed by atoms with van der Waals surface area (Å²) in [4.78, 5) is 14.1. The van der Waals surface area contributed by atoms with Crippen molar-refractivity contribution in [2.45, 2.75) is 40.2 Å². The molecule has 1 aliphatic rings. The summed E-state index contributed by atoms with van der Waals surface area (Å²) >= 11 is 0. The smallest absolute Gasteiger partial charge is 0.462 e. The maximum atomic E-state index is 12.1. The fraction of sp³-hybridized carbons (Fsp3) is 0.433. The number of nitrogens with zero attached hydrogens (tertiary/aromatic N) is 3. The summed E-state index contributed by atoms with van der Waals surface area (Å²) < 4.78 is 28.5. The molecule has 1 aromatic carbocycles. The number of nitriles is 2. The van der Waals surface area contributed by atoms with Crippen molar-refractivity contribution in [1.29, 1.82) is 10.5 Å². The Morgan fingerprint density at radius 2 is 1.66 bits per heavy atom. The number of anilines is 1. The number of carbonyl (C=O) groups excluding carboxylic acids is 1. The molecule has 0 radical (unpaired) electrons. The molecule has 0 saturated heterocycles. The number of carbonyl (C=O) groups is 1. The van der Waals surface area contributed by atoms with Crippen molar-refractivity contribution in [2.24, 2.45) is 0 Å². The molecule has 0 bridgehead atoms. The van der Waals surface area contributed by atoms with Crippen LogP contribution in [0, 0.1) is 22.7 Å². The Morgan fingerprint density at radius 3 is 2.24 bits per heavy atom. The second kappa shape index (κ2) is 17.7. The van der Waals surface area contributed by atoms with Crippen LogP contribution in [0.2, 0.25) is 6.04 Å². The molecule has 0 aliphatic carbocycles. The highest BCUT2D eigenvalue weighted by molar-refractivity contribution is 6.60. The SMILES string of the molecule is CCO[Si](CCCNC(=O)OCCN(C)c1ccc(/C=C/C2=CC(=C(C#N)C#N)C=C(C)O2)cc1)(OCC)OCC. The van der Waals surface area contributed by atoms with Crippen molar-refractivity contribution in [2.75, 3.05) is 51.5 Å². The number of likely N-dealkylation sites (N-methyl/N-ethyl adjacent to an activating group) is 1. The summed E-state index contributed by atoms with van der Waals surface area (Å²) in [6.07, 6.45) is 7.22. The zero-order valence-electron chi connectivity index (χ0n) is 24.6. The molecule has 10 nitrogen and oxygen atoms in total. The van der Waals surface area contributed by atoms with Crippen molar-refractivity contribution in [3.05, 3.63) is 70.7 Å². The minimum Gasteiger partial charge on any atom is -0.462 e. The number of rotatable bonds is 16. The number of allylic oxidation sites excluding steroid dienone is 6. The van der Waals surface area contributed by atoms with Crippen molar-refractivity contribution < 1.29 is 27.5 Å². The van der Waals surface area contributed by atoms with E-state index in [1.165, 1.54) is 0 Å². The quantitative estimate of drug-likeness (QED) is 0.154. The molecule has 1 N–H and O–H groups in total. The lowest BCUT2D eigenvalue weighted by Gasteiger charge is -2.28. The lowest BCUT2D eigenvalue weighted by Crippen LogP contribution is -2.46. The van der Waals surface area contributed by atoms with E-state index in [-0.39, 0.29) is 12.2 Å². The first kappa shape index (κ1) is 33.3. The van der Waals surface area contributed by atoms with Crippen LogP contribution in [0.25, 0.3) is 6.08 Å². The van der Waals surface area contributed by atoms with E-state index in [2.05, 4.69) is 5.32 Å². The van der Waals surface area contributed by atoms with Gasteiger partial charge in [0.15, 0.2) is 0 Å². The summed E-state index contributed by atoms with van der Waals surface area (Å²) in [6, 6.07) is 12.3. The number of benzene rings is 1. The van der Waals surface area contributed by atoms with Gasteiger partial charge in [0.1, 0.15) is 35.8 Å². The first-order valence-electron chi connectivity index (χ1n) is 13.7. The molecule has 0 spiro atoms. The Kier molecular flexibility index (Phi) is 14.4. The van der Waals surface area contributed by atoms with Gasteiger partial charge in [-0.1, -0.05) is 18.2 Å². The Balaban J connectivity index is 1.79. The Labute approximate surface area is 244 Å². The highest BCUT2D eigenvalue weighted by Crippen LogP contribution is 2.23. The van der Waals surface area contributed by atoms with Crippen LogP contribution in [-0.4, -0.2) is 61.5 Å². The van der Waals surface area contributed by atoms with E-state index < -0.39 is 14.9 Å². The molecule has 1 aromatic rings. The second-order valence-electron chi connectivity index (χ2n) is 8.95. The second-order valence-corrected chi connectivity index (χ2v) is 11.7. The number of alkyl carbamates (subject to hydrolysis) is 1. The number of hydrogen-bond donors (Lipinski definition) is 1. The minimum atomic E-state index is -2.71. The van der Waals surface area contributed by atoms with Gasteiger partial charge in [-0.05, 0) is 70.0 Å². The molecule has 1 heterocycles. The molecule has 0 fully saturated rings. The van der Waals surface area contributed by atoms with Crippen LogP contribution in [0.15, 0.2) is 65.2 Å². The van der Waals surface area contributed by atoms with Crippen LogP contribution in [0.5, 0.6) is 0 Å². The average molecular weight is 581 g/mol. The third-order valence-electron chi connectivity index (χ3n) is 5.90. The molecular weight excluding hydrogens is 540 g/mol. The van der Waals surface area contributed by atoms with Crippen LogP contribution in [0.4, 0.5) is 10.5 Å². The number of hydrogen-bond acceptors (Lipinski definition) is 9. The first-order chi connectivity index (χ1) is 19.8. The predicted octanol–water partition coefficient (Wildman–Crippen LogP) is 5.46. The van der Waals surface area contributed by atoms with E-state index in [1.54, 1.807) is 25.2 Å². The van der Waals surface area contributed by atoms with E-state index in [4.69, 9.17) is 33.3 Å². The Morgan fingerprint density at radius 1 is 1.02 bits per heavy atom. The normalized spacial score (nSPS) is 13.0. The molecule has 41 heavy (non-hydrogen) atoms. The van der Waals surface area contributed by atoms with Crippen molar-refractivity contribution >= 4 is 26.7 Å². The third-order valence-corrected chi connectivity index (χ3v) is 9.05. The number of nitrogens with one attached hydrogen (secondary N) is 1. The van der Waals surface area contributed by atoms with E-state index in [0.717, 1.165) is 11.3 Å². The lowest BCUT2D eigenvalue weighted by molar-refractivity contribution is 0.0706. The third kappa shape index (κ3) is 11.3. The molecule has 0 saturated carbocycles. The number of ether oxygens (including phenoxy) is 2. The van der Waals surface area contributed by atoms with Crippen molar-refractivity contribution in [3.8, 4) is 12.1 Å². The maximum Gasteiger partial charge on any atom is 0.500 e. The van der Waals surface area contributed by atoms with Gasteiger partial charge in [0, 0.05) is 50.7 Å². The molecule has 1 amide bonds. The van der Waals surface area contributed by atoms with Gasteiger partial charge in [0.05, 0.1) is 6.54 Å². The van der Waals surface area contributed by atoms with E-state index in [1.807, 2.05) is 75.2 Å². The molecule has 1 aliphatic heterocycles. The van der Waals surface area contributed by atoms with E-state index in [0.29, 0.717) is 62.5 Å². The summed E-state index contributed by atoms with van der Waals surface area (Å²) in [7, 11) is -0.786. The molecule has 220 valence electrons. The standard InChI is InChI=1S/C30H40N4O6Si/c1-6-37-41(38-7-2,39-8-3)19-9-16-33-30(35)36-18-17-34(5)28-13-10-25(11-14-28)12-15-29-21-26(20-24(4)40-29)27(22-31)23-32/h10-15,20-21H,6-9,16-19H2,1-5H3,(H,33,35)/b15-12+. The predicted molar refractivity (Wildman–Crippen MR) is 159 cm³/mol. The van der Waals surface area contributed by atoms with Crippen LogP contribution < -0.4 is 10.2 Å². The van der Waals surface area contributed by atoms with Crippen LogP contribution in [0.3, 0.4) is 0 Å². The van der Waals surface area contributed by atoms with Crippen LogP contribution >= 0.6 is 0 Å². The molecule has 0 atom stereocenters. The largest absolute Gasteiger partial charge is 0.500 e. The first-order valence-corrected chi connectivity index (χ1v) is 15.7. The van der Waals surface area contributed by atoms with Crippen molar-refractivity contribution in [3.63, 3.8) is 0 Å². The molecule has 0 aromatic heterocycles. The van der Waals surface area contributed by atoms with Gasteiger partial charge in [-0.25, -0.2) is 4.79 Å². The van der Waals surface area contributed by atoms with Crippen LogP contribution in [-0.2, 0) is 22.8 Å². The Bertz CT molecular complexity index is 1180.